The third-order valence-corrected chi connectivity index (χ3v) is 9.56. The number of carbonyl (C=O) groups excluding carboxylic acids is 1. The van der Waals surface area contributed by atoms with Crippen LogP contribution in [0.25, 0.3) is 6.08 Å². The molecule has 1 aliphatic rings. The highest BCUT2D eigenvalue weighted by atomic mass is 79.9. The Hall–Kier alpha value is -3.37. The van der Waals surface area contributed by atoms with E-state index >= 15 is 0 Å². The number of benzene rings is 3. The van der Waals surface area contributed by atoms with Crippen molar-refractivity contribution in [3.8, 4) is 11.5 Å². The van der Waals surface area contributed by atoms with Gasteiger partial charge in [0.2, 0.25) is 0 Å². The van der Waals surface area contributed by atoms with Crippen LogP contribution in [0, 0.1) is 0 Å². The van der Waals surface area contributed by atoms with E-state index in [9.17, 15) is 9.59 Å². The third kappa shape index (κ3) is 6.38. The largest absolute Gasteiger partial charge is 0.493 e. The van der Waals surface area contributed by atoms with Gasteiger partial charge in [0.15, 0.2) is 16.3 Å². The van der Waals surface area contributed by atoms with Crippen molar-refractivity contribution in [2.45, 2.75) is 33.4 Å². The molecule has 1 aromatic heterocycles. The van der Waals surface area contributed by atoms with Gasteiger partial charge in [-0.25, -0.2) is 4.99 Å². The predicted octanol–water partition coefficient (Wildman–Crippen LogP) is 6.76. The summed E-state index contributed by atoms with van der Waals surface area (Å²) in [4.78, 5) is 34.8. The van der Waals surface area contributed by atoms with Crippen LogP contribution < -0.4 is 24.4 Å². The second-order valence-electron chi connectivity index (χ2n) is 10.0. The molecule has 44 heavy (non-hydrogen) atoms. The van der Waals surface area contributed by atoms with Gasteiger partial charge in [0.1, 0.15) is 6.61 Å². The molecule has 7 nitrogen and oxygen atoms in total. The maximum Gasteiger partial charge on any atom is 0.271 e. The van der Waals surface area contributed by atoms with E-state index in [1.54, 1.807) is 34.8 Å². The highest BCUT2D eigenvalue weighted by Gasteiger charge is 2.34. The molecule has 11 heteroatoms. The van der Waals surface area contributed by atoms with Crippen LogP contribution in [0.2, 0.25) is 10.0 Å². The van der Waals surface area contributed by atoms with Crippen LogP contribution in [0.1, 0.15) is 43.5 Å². The molecule has 5 rings (SSSR count). The van der Waals surface area contributed by atoms with Crippen LogP contribution in [0.15, 0.2) is 86.2 Å². The number of aromatic nitrogens is 1. The van der Waals surface area contributed by atoms with Crippen molar-refractivity contribution >= 4 is 62.5 Å². The number of methoxy groups -OCH3 is 1. The van der Waals surface area contributed by atoms with Crippen LogP contribution in [-0.4, -0.2) is 35.6 Å². The molecule has 0 bridgehead atoms. The van der Waals surface area contributed by atoms with Crippen LogP contribution >= 0.6 is 50.5 Å². The number of hydrogen-bond acceptors (Lipinski definition) is 6. The normalized spacial score (nSPS) is 14.7. The Morgan fingerprint density at radius 3 is 2.48 bits per heavy atom. The molecule has 0 saturated carbocycles. The van der Waals surface area contributed by atoms with Crippen molar-refractivity contribution < 1.29 is 14.3 Å². The van der Waals surface area contributed by atoms with Crippen LogP contribution in [0.3, 0.4) is 0 Å². The Morgan fingerprint density at radius 2 is 1.82 bits per heavy atom. The zero-order chi connectivity index (χ0) is 31.5. The van der Waals surface area contributed by atoms with Crippen LogP contribution in [0.5, 0.6) is 11.5 Å². The maximum atomic E-state index is 14.1. The molecule has 1 amide bonds. The van der Waals surface area contributed by atoms with E-state index in [2.05, 4.69) is 15.9 Å². The molecule has 0 radical (unpaired) electrons. The SMILES string of the molecule is CCN(CC)C(=O)C1=C(C)N=c2s/c(=C/c3cc(Br)c(OCc4ccccc4Cl)c(OC)c3)c(=O)n2[C@@H]1c1ccc(Cl)cc1. The molecule has 3 aromatic carbocycles. The molecule has 0 unspecified atom stereocenters. The van der Waals surface area contributed by atoms with Crippen molar-refractivity contribution in [3.05, 3.63) is 123 Å². The van der Waals surface area contributed by atoms with Gasteiger partial charge in [0.05, 0.1) is 33.4 Å². The topological polar surface area (TPSA) is 73.1 Å². The number of halogens is 3. The van der Waals surface area contributed by atoms with Gasteiger partial charge >= 0.3 is 0 Å². The average Bonchev–Trinajstić information content (AvgIpc) is 3.31. The number of likely N-dealkylation sites (N-methyl/N-ethyl adjacent to an activating group) is 1. The Balaban J connectivity index is 1.59. The van der Waals surface area contributed by atoms with E-state index < -0.39 is 6.04 Å². The number of thiazole rings is 1. The molecule has 0 spiro atoms. The number of nitrogens with zero attached hydrogens (tertiary/aromatic N) is 3. The van der Waals surface area contributed by atoms with Gasteiger partial charge in [0.25, 0.3) is 11.5 Å². The molecule has 228 valence electrons. The van der Waals surface area contributed by atoms with Gasteiger partial charge in [-0.05, 0) is 84.2 Å². The molecule has 1 aliphatic heterocycles. The highest BCUT2D eigenvalue weighted by molar-refractivity contribution is 9.10. The Morgan fingerprint density at radius 1 is 1.11 bits per heavy atom. The summed E-state index contributed by atoms with van der Waals surface area (Å²) in [6.07, 6.45) is 1.79. The molecule has 4 aromatic rings. The first kappa shape index (κ1) is 32.0. The third-order valence-electron chi connectivity index (χ3n) is 7.37. The molecule has 0 saturated heterocycles. The van der Waals surface area contributed by atoms with Crippen molar-refractivity contribution in [3.63, 3.8) is 0 Å². The lowest BCUT2D eigenvalue weighted by molar-refractivity contribution is -0.127. The lowest BCUT2D eigenvalue weighted by Crippen LogP contribution is -2.43. The smallest absolute Gasteiger partial charge is 0.271 e. The van der Waals surface area contributed by atoms with E-state index in [4.69, 9.17) is 37.7 Å². The molecule has 0 fully saturated rings. The van der Waals surface area contributed by atoms with Gasteiger partial charge in [-0.15, -0.1) is 0 Å². The van der Waals surface area contributed by atoms with Crippen LogP contribution in [0.4, 0.5) is 0 Å². The second kappa shape index (κ2) is 13.7. The summed E-state index contributed by atoms with van der Waals surface area (Å²) in [6, 6.07) is 17.7. The van der Waals surface area contributed by atoms with Crippen molar-refractivity contribution in [2.75, 3.05) is 20.2 Å². The number of carbonyl (C=O) groups is 1. The van der Waals surface area contributed by atoms with E-state index in [0.29, 0.717) is 59.7 Å². The molecular formula is C33H30BrCl2N3O4S. The lowest BCUT2D eigenvalue weighted by Gasteiger charge is -2.29. The van der Waals surface area contributed by atoms with Crippen LogP contribution in [-0.2, 0) is 11.4 Å². The fraction of sp³-hybridized carbons (Fsp3) is 0.242. The summed E-state index contributed by atoms with van der Waals surface area (Å²) in [5.41, 5.74) is 3.15. The maximum absolute atomic E-state index is 14.1. The number of ether oxygens (including phenoxy) is 2. The minimum absolute atomic E-state index is 0.147. The van der Waals surface area contributed by atoms with E-state index in [-0.39, 0.29) is 18.1 Å². The summed E-state index contributed by atoms with van der Waals surface area (Å²) in [6.45, 7) is 7.02. The zero-order valence-electron chi connectivity index (χ0n) is 24.6. The zero-order valence-corrected chi connectivity index (χ0v) is 28.5. The van der Waals surface area contributed by atoms with Crippen molar-refractivity contribution in [1.29, 1.82) is 0 Å². The summed E-state index contributed by atoms with van der Waals surface area (Å²) < 4.78 is 14.5. The van der Waals surface area contributed by atoms with Gasteiger partial charge in [-0.3, -0.25) is 14.2 Å². The minimum atomic E-state index is -0.652. The number of hydrogen-bond donors (Lipinski definition) is 0. The first-order chi connectivity index (χ1) is 21.2. The number of amides is 1. The van der Waals surface area contributed by atoms with E-state index in [0.717, 1.165) is 16.7 Å². The number of allylic oxidation sites excluding steroid dienone is 1. The fourth-order valence-corrected chi connectivity index (χ4v) is 7.05. The number of rotatable bonds is 9. The summed E-state index contributed by atoms with van der Waals surface area (Å²) in [5.74, 6) is 0.864. The standard InChI is InChI=1S/C33H30BrCl2N3O4S/c1-5-38(6-2)32(41)28-19(3)37-33-39(29(28)21-11-13-23(35)14-12-21)31(40)27(44-33)17-20-15-24(34)30(26(16-20)42-4)43-18-22-9-7-8-10-25(22)36/h7-17,29H,5-6,18H2,1-4H3/b27-17+/t29-/m1/s1. The lowest BCUT2D eigenvalue weighted by atomic mass is 9.94. The highest BCUT2D eigenvalue weighted by Crippen LogP contribution is 2.38. The quantitative estimate of drug-likeness (QED) is 0.192. The number of fused-ring (bicyclic) bond motifs is 1. The fourth-order valence-electron chi connectivity index (χ4n) is 5.12. The van der Waals surface area contributed by atoms with Crippen molar-refractivity contribution in [2.24, 2.45) is 4.99 Å². The predicted molar refractivity (Wildman–Crippen MR) is 180 cm³/mol. The average molecular weight is 715 g/mol. The molecule has 0 aliphatic carbocycles. The van der Waals surface area contributed by atoms with Crippen molar-refractivity contribution in [1.82, 2.24) is 9.47 Å². The minimum Gasteiger partial charge on any atom is -0.493 e. The van der Waals surface area contributed by atoms with Gasteiger partial charge in [0, 0.05) is 28.7 Å². The first-order valence-electron chi connectivity index (χ1n) is 14.0. The monoisotopic (exact) mass is 713 g/mol. The first-order valence-corrected chi connectivity index (χ1v) is 16.3. The molecule has 2 heterocycles. The van der Waals surface area contributed by atoms with Gasteiger partial charge < -0.3 is 14.4 Å². The van der Waals surface area contributed by atoms with Gasteiger partial charge in [-0.2, -0.15) is 0 Å². The summed E-state index contributed by atoms with van der Waals surface area (Å²) >= 11 is 17.4. The van der Waals surface area contributed by atoms with Gasteiger partial charge in [-0.1, -0.05) is 64.9 Å². The molecular weight excluding hydrogens is 685 g/mol. The van der Waals surface area contributed by atoms with E-state index in [1.165, 1.54) is 11.3 Å². The molecule has 1 atom stereocenters. The Kier molecular flexibility index (Phi) is 10.00. The Labute approximate surface area is 277 Å². The Bertz CT molecular complexity index is 1930. The van der Waals surface area contributed by atoms with E-state index in [1.807, 2.05) is 69.3 Å². The second-order valence-corrected chi connectivity index (χ2v) is 12.7. The molecule has 0 N–H and O–H groups in total. The summed E-state index contributed by atoms with van der Waals surface area (Å²) in [5, 5.41) is 1.18. The summed E-state index contributed by atoms with van der Waals surface area (Å²) in [7, 11) is 1.56.